The first-order valence-electron chi connectivity index (χ1n) is 7.90. The van der Waals surface area contributed by atoms with Gasteiger partial charge < -0.3 is 9.88 Å². The van der Waals surface area contributed by atoms with Gasteiger partial charge in [-0.05, 0) is 37.1 Å². The molecule has 0 saturated carbocycles. The molecule has 23 heavy (non-hydrogen) atoms. The van der Waals surface area contributed by atoms with Gasteiger partial charge in [-0.15, -0.1) is 0 Å². The number of aromatic nitrogens is 2. The zero-order chi connectivity index (χ0) is 16.2. The highest BCUT2D eigenvalue weighted by atomic mass is 16.1. The third kappa shape index (κ3) is 3.42. The van der Waals surface area contributed by atoms with E-state index < -0.39 is 0 Å². The maximum atomic E-state index is 12.2. The number of para-hydroxylation sites is 2. The third-order valence-electron chi connectivity index (χ3n) is 4.14. The molecule has 0 spiro atoms. The Morgan fingerprint density at radius 1 is 1.17 bits per heavy atom. The summed E-state index contributed by atoms with van der Waals surface area (Å²) in [5.41, 5.74) is 4.38. The largest absolute Gasteiger partial charge is 0.350 e. The predicted octanol–water partition coefficient (Wildman–Crippen LogP) is 3.61. The van der Waals surface area contributed by atoms with Crippen LogP contribution in [-0.2, 0) is 11.3 Å². The van der Waals surface area contributed by atoms with Gasteiger partial charge in [-0.25, -0.2) is 4.98 Å². The molecule has 4 heteroatoms. The zero-order valence-corrected chi connectivity index (χ0v) is 13.5. The van der Waals surface area contributed by atoms with Gasteiger partial charge in [0, 0.05) is 13.0 Å². The van der Waals surface area contributed by atoms with Crippen LogP contribution in [-0.4, -0.2) is 15.5 Å². The minimum atomic E-state index is 0.0169. The number of hydrogen-bond donors (Lipinski definition) is 1. The van der Waals surface area contributed by atoms with E-state index >= 15 is 0 Å². The molecule has 0 fully saturated rings. The van der Waals surface area contributed by atoms with E-state index in [2.05, 4.69) is 29.4 Å². The fraction of sp³-hybridized carbons (Fsp3) is 0.263. The highest BCUT2D eigenvalue weighted by molar-refractivity contribution is 5.77. The maximum absolute atomic E-state index is 12.2. The number of aryl methyl sites for hydroxylation is 2. The van der Waals surface area contributed by atoms with Crippen LogP contribution in [0.1, 0.15) is 30.5 Å². The fourth-order valence-electron chi connectivity index (χ4n) is 2.87. The summed E-state index contributed by atoms with van der Waals surface area (Å²) in [5.74, 6) is 0.0542. The molecular formula is C19H21N3O. The molecule has 3 aromatic rings. The number of carbonyl (C=O) groups excluding carboxylic acids is 1. The third-order valence-corrected chi connectivity index (χ3v) is 4.14. The first kappa shape index (κ1) is 15.3. The second-order valence-electron chi connectivity index (χ2n) is 5.82. The number of rotatable bonds is 5. The van der Waals surface area contributed by atoms with E-state index in [0.717, 1.165) is 16.6 Å². The number of hydrogen-bond acceptors (Lipinski definition) is 2. The Hall–Kier alpha value is -2.62. The first-order chi connectivity index (χ1) is 11.1. The molecule has 1 N–H and O–H groups in total. The van der Waals surface area contributed by atoms with Crippen LogP contribution < -0.4 is 5.32 Å². The Morgan fingerprint density at radius 2 is 1.91 bits per heavy atom. The van der Waals surface area contributed by atoms with Crippen molar-refractivity contribution in [3.05, 3.63) is 66.0 Å². The van der Waals surface area contributed by atoms with Crippen LogP contribution in [0.2, 0.25) is 0 Å². The van der Waals surface area contributed by atoms with Crippen LogP contribution >= 0.6 is 0 Å². The van der Waals surface area contributed by atoms with Crippen LogP contribution in [0.4, 0.5) is 0 Å². The smallest absolute Gasteiger partial charge is 0.222 e. The normalized spacial score (nSPS) is 12.3. The first-order valence-corrected chi connectivity index (χ1v) is 7.90. The average Bonchev–Trinajstić information content (AvgIpc) is 2.96. The second-order valence-corrected chi connectivity index (χ2v) is 5.82. The van der Waals surface area contributed by atoms with E-state index in [1.807, 2.05) is 47.9 Å². The van der Waals surface area contributed by atoms with Crippen LogP contribution in [0.25, 0.3) is 11.0 Å². The molecule has 0 bridgehead atoms. The molecule has 1 heterocycles. The van der Waals surface area contributed by atoms with Gasteiger partial charge in [0.1, 0.15) is 0 Å². The van der Waals surface area contributed by atoms with Crippen molar-refractivity contribution in [1.82, 2.24) is 14.9 Å². The van der Waals surface area contributed by atoms with E-state index in [4.69, 9.17) is 0 Å². The number of carbonyl (C=O) groups is 1. The van der Waals surface area contributed by atoms with E-state index in [1.54, 1.807) is 6.33 Å². The van der Waals surface area contributed by atoms with Crippen LogP contribution in [0.15, 0.2) is 54.9 Å². The number of nitrogens with one attached hydrogen (secondary N) is 1. The van der Waals surface area contributed by atoms with Crippen molar-refractivity contribution in [1.29, 1.82) is 0 Å². The monoisotopic (exact) mass is 307 g/mol. The van der Waals surface area contributed by atoms with Crippen molar-refractivity contribution in [2.75, 3.05) is 0 Å². The standard InChI is InChI=1S/C19H21N3O/c1-14-7-3-4-8-16(14)15(2)21-19(23)11-12-22-13-20-17-9-5-6-10-18(17)22/h3-10,13,15H,11-12H2,1-2H3,(H,21,23). The summed E-state index contributed by atoms with van der Waals surface area (Å²) in [6, 6.07) is 16.1. The van der Waals surface area contributed by atoms with Crippen molar-refractivity contribution in [3.8, 4) is 0 Å². The highest BCUT2D eigenvalue weighted by Crippen LogP contribution is 2.17. The van der Waals surface area contributed by atoms with Crippen molar-refractivity contribution < 1.29 is 4.79 Å². The van der Waals surface area contributed by atoms with E-state index in [0.29, 0.717) is 13.0 Å². The summed E-state index contributed by atoms with van der Waals surface area (Å²) in [6.45, 7) is 4.72. The van der Waals surface area contributed by atoms with Crippen LogP contribution in [0, 0.1) is 6.92 Å². The molecule has 1 atom stereocenters. The van der Waals surface area contributed by atoms with Gasteiger partial charge in [-0.1, -0.05) is 36.4 Å². The Bertz CT molecular complexity index is 822. The molecule has 0 aliphatic heterocycles. The average molecular weight is 307 g/mol. The number of amides is 1. The molecule has 1 amide bonds. The summed E-state index contributed by atoms with van der Waals surface area (Å²) in [6.07, 6.45) is 2.24. The van der Waals surface area contributed by atoms with Gasteiger partial charge >= 0.3 is 0 Å². The molecule has 0 aliphatic carbocycles. The molecule has 4 nitrogen and oxygen atoms in total. The number of benzene rings is 2. The van der Waals surface area contributed by atoms with Crippen LogP contribution in [0.5, 0.6) is 0 Å². The maximum Gasteiger partial charge on any atom is 0.222 e. The van der Waals surface area contributed by atoms with Gasteiger partial charge in [0.15, 0.2) is 0 Å². The molecule has 0 aliphatic rings. The lowest BCUT2D eigenvalue weighted by Crippen LogP contribution is -2.27. The zero-order valence-electron chi connectivity index (χ0n) is 13.5. The Balaban J connectivity index is 1.61. The topological polar surface area (TPSA) is 46.9 Å². The van der Waals surface area contributed by atoms with Gasteiger partial charge in [-0.2, -0.15) is 0 Å². The Kier molecular flexibility index (Phi) is 4.42. The summed E-state index contributed by atoms with van der Waals surface area (Å²) in [7, 11) is 0. The lowest BCUT2D eigenvalue weighted by molar-refractivity contribution is -0.121. The summed E-state index contributed by atoms with van der Waals surface area (Å²) < 4.78 is 2.02. The molecule has 1 unspecified atom stereocenters. The SMILES string of the molecule is Cc1ccccc1C(C)NC(=O)CCn1cnc2ccccc21. The van der Waals surface area contributed by atoms with Crippen LogP contribution in [0.3, 0.4) is 0 Å². The van der Waals surface area contributed by atoms with Gasteiger partial charge in [0.05, 0.1) is 23.4 Å². The van der Waals surface area contributed by atoms with Crippen molar-refractivity contribution in [3.63, 3.8) is 0 Å². The fourth-order valence-corrected chi connectivity index (χ4v) is 2.87. The number of imidazole rings is 1. The number of fused-ring (bicyclic) bond motifs is 1. The molecule has 2 aromatic carbocycles. The van der Waals surface area contributed by atoms with E-state index in [-0.39, 0.29) is 11.9 Å². The van der Waals surface area contributed by atoms with Crippen molar-refractivity contribution in [2.45, 2.75) is 32.9 Å². The summed E-state index contributed by atoms with van der Waals surface area (Å²) >= 11 is 0. The molecule has 1 aromatic heterocycles. The summed E-state index contributed by atoms with van der Waals surface area (Å²) in [4.78, 5) is 16.6. The second kappa shape index (κ2) is 6.65. The molecule has 0 radical (unpaired) electrons. The van der Waals surface area contributed by atoms with Gasteiger partial charge in [0.25, 0.3) is 0 Å². The molecule has 118 valence electrons. The Morgan fingerprint density at radius 3 is 2.74 bits per heavy atom. The van der Waals surface area contributed by atoms with E-state index in [1.165, 1.54) is 5.56 Å². The highest BCUT2D eigenvalue weighted by Gasteiger charge is 2.11. The van der Waals surface area contributed by atoms with Gasteiger partial charge in [0.2, 0.25) is 5.91 Å². The molecule has 0 saturated heterocycles. The predicted molar refractivity (Wildman–Crippen MR) is 92.1 cm³/mol. The summed E-state index contributed by atoms with van der Waals surface area (Å²) in [5, 5.41) is 3.07. The molecule has 3 rings (SSSR count). The number of nitrogens with zero attached hydrogens (tertiary/aromatic N) is 2. The van der Waals surface area contributed by atoms with Gasteiger partial charge in [-0.3, -0.25) is 4.79 Å². The quantitative estimate of drug-likeness (QED) is 0.782. The van der Waals surface area contributed by atoms with Crippen molar-refractivity contribution >= 4 is 16.9 Å². The molecular weight excluding hydrogens is 286 g/mol. The van der Waals surface area contributed by atoms with E-state index in [9.17, 15) is 4.79 Å². The Labute approximate surface area is 136 Å². The lowest BCUT2D eigenvalue weighted by atomic mass is 10.0. The lowest BCUT2D eigenvalue weighted by Gasteiger charge is -2.16. The minimum Gasteiger partial charge on any atom is -0.350 e. The van der Waals surface area contributed by atoms with Crippen molar-refractivity contribution in [2.24, 2.45) is 0 Å². The minimum absolute atomic E-state index is 0.0169.